The topological polar surface area (TPSA) is 29.1 Å². The average molecular weight is 434 g/mol. The molecule has 0 aliphatic heterocycles. The van der Waals surface area contributed by atoms with Crippen LogP contribution in [0, 0.1) is 16.3 Å². The van der Waals surface area contributed by atoms with Crippen LogP contribution < -0.4 is 5.32 Å². The minimum atomic E-state index is -0.388. The van der Waals surface area contributed by atoms with Gasteiger partial charge in [0.15, 0.2) is 0 Å². The minimum absolute atomic E-state index is 0.264. The summed E-state index contributed by atoms with van der Waals surface area (Å²) in [7, 11) is 0. The molecule has 98 valence electrons. The van der Waals surface area contributed by atoms with Gasteiger partial charge in [-0.15, -0.1) is 0 Å². The largest absolute Gasteiger partial charge is 0.322 e. The molecule has 0 bridgehead atoms. The number of benzene rings is 2. The highest BCUT2D eigenvalue weighted by Gasteiger charge is 2.09. The highest BCUT2D eigenvalue weighted by atomic mass is 127. The van der Waals surface area contributed by atoms with Crippen molar-refractivity contribution in [1.82, 2.24) is 0 Å². The third-order valence-electron chi connectivity index (χ3n) is 2.61. The van der Waals surface area contributed by atoms with Gasteiger partial charge in [-0.1, -0.05) is 6.07 Å². The standard InChI is InChI=1S/C14H10BrFINO/c1-8-2-4-10(7-13(8)17)18-14(19)9-3-5-12(16)11(15)6-9/h2-7H,1H3,(H,18,19). The Balaban J connectivity index is 2.20. The van der Waals surface area contributed by atoms with Crippen molar-refractivity contribution < 1.29 is 9.18 Å². The Kier molecular flexibility index (Phi) is 4.57. The monoisotopic (exact) mass is 433 g/mol. The average Bonchev–Trinajstić information content (AvgIpc) is 2.37. The van der Waals surface area contributed by atoms with Crippen LogP contribution in [-0.2, 0) is 0 Å². The fourth-order valence-corrected chi connectivity index (χ4v) is 2.41. The number of rotatable bonds is 2. The molecule has 2 nitrogen and oxygen atoms in total. The number of carbonyl (C=O) groups is 1. The summed E-state index contributed by atoms with van der Waals surface area (Å²) in [5.74, 6) is -0.651. The smallest absolute Gasteiger partial charge is 0.255 e. The van der Waals surface area contributed by atoms with Crippen LogP contribution in [0.4, 0.5) is 10.1 Å². The Morgan fingerprint density at radius 3 is 2.63 bits per heavy atom. The van der Waals surface area contributed by atoms with E-state index in [1.165, 1.54) is 18.2 Å². The van der Waals surface area contributed by atoms with Gasteiger partial charge in [0, 0.05) is 14.8 Å². The van der Waals surface area contributed by atoms with Crippen molar-refractivity contribution in [1.29, 1.82) is 0 Å². The Bertz CT molecular complexity index is 645. The van der Waals surface area contributed by atoms with Crippen LogP contribution in [0.3, 0.4) is 0 Å². The molecule has 1 amide bonds. The first kappa shape index (κ1) is 14.5. The molecule has 0 radical (unpaired) electrons. The van der Waals surface area contributed by atoms with E-state index >= 15 is 0 Å². The normalized spacial score (nSPS) is 10.3. The van der Waals surface area contributed by atoms with Gasteiger partial charge in [-0.25, -0.2) is 4.39 Å². The molecule has 2 aromatic rings. The lowest BCUT2D eigenvalue weighted by Crippen LogP contribution is -2.12. The highest BCUT2D eigenvalue weighted by molar-refractivity contribution is 14.1. The molecule has 0 heterocycles. The third kappa shape index (κ3) is 3.54. The van der Waals surface area contributed by atoms with Gasteiger partial charge in [0.25, 0.3) is 5.91 Å². The number of nitrogens with one attached hydrogen (secondary N) is 1. The molecule has 0 spiro atoms. The zero-order valence-electron chi connectivity index (χ0n) is 10.0. The van der Waals surface area contributed by atoms with Gasteiger partial charge < -0.3 is 5.32 Å². The molecule has 2 aromatic carbocycles. The van der Waals surface area contributed by atoms with E-state index in [0.717, 1.165) is 14.8 Å². The molecule has 5 heteroatoms. The van der Waals surface area contributed by atoms with Gasteiger partial charge in [0.05, 0.1) is 4.47 Å². The van der Waals surface area contributed by atoms with Gasteiger partial charge in [-0.05, 0) is 81.3 Å². The van der Waals surface area contributed by atoms with Gasteiger partial charge in [0.1, 0.15) is 5.82 Å². The van der Waals surface area contributed by atoms with E-state index < -0.39 is 0 Å². The van der Waals surface area contributed by atoms with Crippen molar-refractivity contribution in [3.8, 4) is 0 Å². The molecule has 0 saturated heterocycles. The number of amides is 1. The Hall–Kier alpha value is -0.950. The van der Waals surface area contributed by atoms with E-state index in [-0.39, 0.29) is 16.2 Å². The number of anilines is 1. The Labute approximate surface area is 132 Å². The zero-order valence-corrected chi connectivity index (χ0v) is 13.7. The molecule has 0 aromatic heterocycles. The van der Waals surface area contributed by atoms with E-state index in [1.54, 1.807) is 0 Å². The molecule has 0 saturated carbocycles. The second kappa shape index (κ2) is 6.00. The number of halogens is 3. The molecule has 0 atom stereocenters. The molecule has 19 heavy (non-hydrogen) atoms. The number of carbonyl (C=O) groups excluding carboxylic acids is 1. The summed E-state index contributed by atoms with van der Waals surface area (Å²) >= 11 is 5.28. The van der Waals surface area contributed by atoms with Crippen molar-refractivity contribution >= 4 is 50.1 Å². The molecule has 0 unspecified atom stereocenters. The third-order valence-corrected chi connectivity index (χ3v) is 4.38. The molecule has 0 aliphatic rings. The van der Waals surface area contributed by atoms with Crippen molar-refractivity contribution in [2.45, 2.75) is 6.92 Å². The minimum Gasteiger partial charge on any atom is -0.322 e. The van der Waals surface area contributed by atoms with E-state index in [4.69, 9.17) is 0 Å². The summed E-state index contributed by atoms with van der Waals surface area (Å²) in [5.41, 5.74) is 2.28. The SMILES string of the molecule is Cc1ccc(NC(=O)c2ccc(F)c(Br)c2)cc1I. The van der Waals surface area contributed by atoms with Crippen molar-refractivity contribution in [2.75, 3.05) is 5.32 Å². The molecule has 0 aliphatic carbocycles. The van der Waals surface area contributed by atoms with Gasteiger partial charge in [0.2, 0.25) is 0 Å². The fourth-order valence-electron chi connectivity index (χ4n) is 1.51. The lowest BCUT2D eigenvalue weighted by Gasteiger charge is -2.07. The molecular weight excluding hydrogens is 424 g/mol. The summed E-state index contributed by atoms with van der Waals surface area (Å²) in [5, 5.41) is 2.79. The summed E-state index contributed by atoms with van der Waals surface area (Å²) in [4.78, 5) is 12.0. The van der Waals surface area contributed by atoms with Crippen LogP contribution >= 0.6 is 38.5 Å². The van der Waals surface area contributed by atoms with Crippen LogP contribution in [0.2, 0.25) is 0 Å². The predicted octanol–water partition coefficient (Wildman–Crippen LogP) is 4.75. The second-order valence-corrected chi connectivity index (χ2v) is 6.06. The van der Waals surface area contributed by atoms with Gasteiger partial charge in [-0.3, -0.25) is 4.79 Å². The first-order chi connectivity index (χ1) is 8.97. The first-order valence-electron chi connectivity index (χ1n) is 5.50. The molecular formula is C14H10BrFINO. The summed E-state index contributed by atoms with van der Waals surface area (Å²) in [6.45, 7) is 2.00. The summed E-state index contributed by atoms with van der Waals surface area (Å²) in [6.07, 6.45) is 0. The molecule has 1 N–H and O–H groups in total. The van der Waals surface area contributed by atoms with E-state index in [2.05, 4.69) is 43.8 Å². The van der Waals surface area contributed by atoms with E-state index in [1.807, 2.05) is 25.1 Å². The first-order valence-corrected chi connectivity index (χ1v) is 7.37. The van der Waals surface area contributed by atoms with E-state index in [9.17, 15) is 9.18 Å². The van der Waals surface area contributed by atoms with Crippen LogP contribution in [0.1, 0.15) is 15.9 Å². The van der Waals surface area contributed by atoms with Crippen LogP contribution in [0.5, 0.6) is 0 Å². The lowest BCUT2D eigenvalue weighted by atomic mass is 10.2. The lowest BCUT2D eigenvalue weighted by molar-refractivity contribution is 0.102. The summed E-state index contributed by atoms with van der Waals surface area (Å²) < 4.78 is 14.5. The van der Waals surface area contributed by atoms with Crippen LogP contribution in [0.15, 0.2) is 40.9 Å². The number of hydrogen-bond donors (Lipinski definition) is 1. The maximum atomic E-state index is 13.1. The quantitative estimate of drug-likeness (QED) is 0.680. The maximum Gasteiger partial charge on any atom is 0.255 e. The second-order valence-electron chi connectivity index (χ2n) is 4.05. The number of hydrogen-bond acceptors (Lipinski definition) is 1. The van der Waals surface area contributed by atoms with Gasteiger partial charge >= 0.3 is 0 Å². The van der Waals surface area contributed by atoms with Crippen molar-refractivity contribution in [2.24, 2.45) is 0 Å². The predicted molar refractivity (Wildman–Crippen MR) is 85.9 cm³/mol. The van der Waals surface area contributed by atoms with Gasteiger partial charge in [-0.2, -0.15) is 0 Å². The molecule has 0 fully saturated rings. The van der Waals surface area contributed by atoms with Crippen LogP contribution in [0.25, 0.3) is 0 Å². The number of aryl methyl sites for hydroxylation is 1. The Morgan fingerprint density at radius 1 is 1.26 bits per heavy atom. The maximum absolute atomic E-state index is 13.1. The van der Waals surface area contributed by atoms with Crippen molar-refractivity contribution in [3.05, 3.63) is 61.4 Å². The highest BCUT2D eigenvalue weighted by Crippen LogP contribution is 2.20. The Morgan fingerprint density at radius 2 is 2.00 bits per heavy atom. The fraction of sp³-hybridized carbons (Fsp3) is 0.0714. The summed E-state index contributed by atoms with van der Waals surface area (Å²) in [6, 6.07) is 9.86. The van der Waals surface area contributed by atoms with Crippen LogP contribution in [-0.4, -0.2) is 5.91 Å². The van der Waals surface area contributed by atoms with Crippen molar-refractivity contribution in [3.63, 3.8) is 0 Å². The van der Waals surface area contributed by atoms with E-state index in [0.29, 0.717) is 5.56 Å². The molecule has 2 rings (SSSR count). The zero-order chi connectivity index (χ0) is 14.0.